The highest BCUT2D eigenvalue weighted by molar-refractivity contribution is 6.34. The lowest BCUT2D eigenvalue weighted by molar-refractivity contribution is 0.0971. The van der Waals surface area contributed by atoms with E-state index in [1.165, 1.54) is 33.7 Å². The van der Waals surface area contributed by atoms with Crippen molar-refractivity contribution in [1.29, 1.82) is 0 Å². The number of amides is 1. The van der Waals surface area contributed by atoms with E-state index >= 15 is 4.39 Å². The summed E-state index contributed by atoms with van der Waals surface area (Å²) >= 11 is 6.24. The summed E-state index contributed by atoms with van der Waals surface area (Å²) in [6, 6.07) is 6.71. The van der Waals surface area contributed by atoms with E-state index in [1.807, 2.05) is 13.8 Å². The number of fused-ring (bicyclic) bond motifs is 1. The number of carbonyl (C=O) groups excluding carboxylic acids is 1. The first-order valence-electron chi connectivity index (χ1n) is 11.1. The Hall–Kier alpha value is -3.04. The van der Waals surface area contributed by atoms with Crippen LogP contribution in [0.4, 0.5) is 14.5 Å². The first kappa shape index (κ1) is 24.1. The van der Waals surface area contributed by atoms with Gasteiger partial charge in [0.25, 0.3) is 5.91 Å². The predicted molar refractivity (Wildman–Crippen MR) is 125 cm³/mol. The maximum atomic E-state index is 15.3. The third kappa shape index (κ3) is 3.82. The number of hydrogen-bond donors (Lipinski definition) is 1. The summed E-state index contributed by atoms with van der Waals surface area (Å²) in [4.78, 5) is 27.5. The summed E-state index contributed by atoms with van der Waals surface area (Å²) < 4.78 is 32.2. The fourth-order valence-corrected chi connectivity index (χ4v) is 4.76. The van der Waals surface area contributed by atoms with E-state index in [4.69, 9.17) is 11.6 Å². The van der Waals surface area contributed by atoms with Crippen LogP contribution >= 0.6 is 11.6 Å². The van der Waals surface area contributed by atoms with Gasteiger partial charge < -0.3 is 10.0 Å². The molecule has 1 aliphatic heterocycles. The van der Waals surface area contributed by atoms with Crippen molar-refractivity contribution in [3.63, 3.8) is 0 Å². The number of aromatic nitrogens is 3. The third-order valence-electron chi connectivity index (χ3n) is 6.54. The van der Waals surface area contributed by atoms with Gasteiger partial charge in [-0.25, -0.2) is 13.6 Å². The molecule has 0 radical (unpaired) electrons. The number of benzene rings is 2. The van der Waals surface area contributed by atoms with Gasteiger partial charge in [-0.15, -0.1) is 5.10 Å². The lowest BCUT2D eigenvalue weighted by Gasteiger charge is -2.37. The van der Waals surface area contributed by atoms with Crippen LogP contribution in [0.2, 0.25) is 5.02 Å². The van der Waals surface area contributed by atoms with Crippen LogP contribution in [-0.4, -0.2) is 31.9 Å². The van der Waals surface area contributed by atoms with Gasteiger partial charge in [0.2, 0.25) is 0 Å². The van der Waals surface area contributed by atoms with Crippen molar-refractivity contribution < 1.29 is 18.7 Å². The molecule has 0 aliphatic carbocycles. The van der Waals surface area contributed by atoms with Crippen LogP contribution in [0.25, 0.3) is 5.69 Å². The molecule has 0 saturated heterocycles. The highest BCUT2D eigenvalue weighted by Gasteiger charge is 2.37. The summed E-state index contributed by atoms with van der Waals surface area (Å²) in [5.41, 5.74) is -0.0925. The number of nitrogens with zero attached hydrogens (tertiary/aromatic N) is 4. The molecule has 2 heterocycles. The van der Waals surface area contributed by atoms with Crippen molar-refractivity contribution in [2.24, 2.45) is 5.92 Å². The standard InChI is InChI=1S/C24H25ClF2N4O3/c1-4-13(3)16-11-30(22-17(25)7-6-8-18(22)26)23(33)15-9-19(27)20(10-14(15)16)31-24(34)29(5-2)21(12-32)28-31/h6-10,13,16,32H,4-5,11-12H2,1-3H3/t13-,16+/m1/s1. The molecule has 7 nitrogen and oxygen atoms in total. The van der Waals surface area contributed by atoms with Crippen LogP contribution < -0.4 is 10.6 Å². The molecule has 10 heteroatoms. The van der Waals surface area contributed by atoms with E-state index < -0.39 is 29.8 Å². The van der Waals surface area contributed by atoms with Gasteiger partial charge in [-0.1, -0.05) is 37.9 Å². The van der Waals surface area contributed by atoms with Crippen molar-refractivity contribution in [2.75, 3.05) is 11.4 Å². The zero-order valence-electron chi connectivity index (χ0n) is 19.1. The zero-order valence-corrected chi connectivity index (χ0v) is 19.8. The molecule has 2 aromatic carbocycles. The Morgan fingerprint density at radius 3 is 2.53 bits per heavy atom. The number of para-hydroxylation sites is 1. The Bertz CT molecular complexity index is 1300. The summed E-state index contributed by atoms with van der Waals surface area (Å²) in [7, 11) is 0. The number of rotatable bonds is 6. The van der Waals surface area contributed by atoms with Crippen molar-refractivity contribution in [2.45, 2.75) is 46.3 Å². The Kier molecular flexibility index (Phi) is 6.60. The van der Waals surface area contributed by atoms with Gasteiger partial charge in [0.05, 0.1) is 10.7 Å². The van der Waals surface area contributed by atoms with E-state index in [0.29, 0.717) is 5.56 Å². The highest BCUT2D eigenvalue weighted by atomic mass is 35.5. The van der Waals surface area contributed by atoms with E-state index in [-0.39, 0.29) is 52.7 Å². The second kappa shape index (κ2) is 9.31. The molecule has 0 fully saturated rings. The molecule has 2 atom stereocenters. The van der Waals surface area contributed by atoms with Crippen LogP contribution in [-0.2, 0) is 13.2 Å². The Balaban J connectivity index is 1.91. The molecule has 3 aromatic rings. The molecule has 0 saturated carbocycles. The van der Waals surface area contributed by atoms with Gasteiger partial charge in [-0.05, 0) is 42.7 Å². The molecule has 1 aromatic heterocycles. The third-order valence-corrected chi connectivity index (χ3v) is 6.84. The van der Waals surface area contributed by atoms with Gasteiger partial charge in [0.15, 0.2) is 5.82 Å². The van der Waals surface area contributed by atoms with Gasteiger partial charge in [0, 0.05) is 24.6 Å². The molecule has 34 heavy (non-hydrogen) atoms. The summed E-state index contributed by atoms with van der Waals surface area (Å²) in [5.74, 6) is -2.15. The lowest BCUT2D eigenvalue weighted by atomic mass is 9.79. The van der Waals surface area contributed by atoms with Gasteiger partial charge >= 0.3 is 5.69 Å². The molecule has 1 N–H and O–H groups in total. The average Bonchev–Trinajstić information content (AvgIpc) is 3.14. The summed E-state index contributed by atoms with van der Waals surface area (Å²) in [6.45, 7) is 5.63. The zero-order chi connectivity index (χ0) is 24.7. The summed E-state index contributed by atoms with van der Waals surface area (Å²) in [6.07, 6.45) is 0.753. The van der Waals surface area contributed by atoms with E-state index in [2.05, 4.69) is 5.10 Å². The number of aliphatic hydroxyl groups is 1. The molecule has 1 aliphatic rings. The molecular weight excluding hydrogens is 466 g/mol. The predicted octanol–water partition coefficient (Wildman–Crippen LogP) is 4.27. The van der Waals surface area contributed by atoms with Crippen molar-refractivity contribution in [3.8, 4) is 5.69 Å². The van der Waals surface area contributed by atoms with Crippen LogP contribution in [0, 0.1) is 17.6 Å². The molecule has 1 amide bonds. The molecule has 0 unspecified atom stereocenters. The lowest BCUT2D eigenvalue weighted by Crippen LogP contribution is -2.42. The van der Waals surface area contributed by atoms with Crippen LogP contribution in [0.15, 0.2) is 35.1 Å². The van der Waals surface area contributed by atoms with Gasteiger partial charge in [-0.3, -0.25) is 9.36 Å². The number of hydrogen-bond acceptors (Lipinski definition) is 4. The smallest absolute Gasteiger partial charge is 0.350 e. The SMILES string of the molecule is CC[C@@H](C)[C@@H]1CN(c2c(F)cccc2Cl)C(=O)c2cc(F)c(-n3nc(CO)n(CC)c3=O)cc21. The quantitative estimate of drug-likeness (QED) is 0.559. The van der Waals surface area contributed by atoms with E-state index in [1.54, 1.807) is 6.92 Å². The molecular formula is C24H25ClF2N4O3. The van der Waals surface area contributed by atoms with Crippen LogP contribution in [0.3, 0.4) is 0 Å². The number of aliphatic hydroxyl groups excluding tert-OH is 1. The average molecular weight is 491 g/mol. The monoisotopic (exact) mass is 490 g/mol. The fourth-order valence-electron chi connectivity index (χ4n) is 4.49. The normalized spacial score (nSPS) is 16.6. The van der Waals surface area contributed by atoms with Crippen molar-refractivity contribution in [3.05, 3.63) is 74.4 Å². The minimum absolute atomic E-state index is 0.0388. The maximum Gasteiger partial charge on any atom is 0.350 e. The minimum Gasteiger partial charge on any atom is -0.388 e. The molecule has 180 valence electrons. The van der Waals surface area contributed by atoms with E-state index in [0.717, 1.165) is 17.2 Å². The molecule has 0 spiro atoms. The topological polar surface area (TPSA) is 80.4 Å². The van der Waals surface area contributed by atoms with Crippen LogP contribution in [0.5, 0.6) is 0 Å². The first-order chi connectivity index (χ1) is 16.2. The Labute approximate surface area is 200 Å². The second-order valence-corrected chi connectivity index (χ2v) is 8.79. The molecule has 0 bridgehead atoms. The van der Waals surface area contributed by atoms with E-state index in [9.17, 15) is 19.1 Å². The molecule has 4 rings (SSSR count). The fraction of sp³-hybridized carbons (Fsp3) is 0.375. The minimum atomic E-state index is -0.830. The van der Waals surface area contributed by atoms with Gasteiger partial charge in [-0.2, -0.15) is 4.68 Å². The van der Waals surface area contributed by atoms with Crippen molar-refractivity contribution >= 4 is 23.2 Å². The van der Waals surface area contributed by atoms with Gasteiger partial charge in [0.1, 0.15) is 23.9 Å². The number of carbonyl (C=O) groups is 1. The number of anilines is 1. The highest BCUT2D eigenvalue weighted by Crippen LogP contribution is 2.41. The summed E-state index contributed by atoms with van der Waals surface area (Å²) in [5, 5.41) is 13.7. The first-order valence-corrected chi connectivity index (χ1v) is 11.5. The van der Waals surface area contributed by atoms with Crippen molar-refractivity contribution in [1.82, 2.24) is 14.3 Å². The second-order valence-electron chi connectivity index (χ2n) is 8.38. The van der Waals surface area contributed by atoms with Crippen LogP contribution in [0.1, 0.15) is 54.9 Å². The Morgan fingerprint density at radius 2 is 1.94 bits per heavy atom. The maximum absolute atomic E-state index is 15.3. The largest absolute Gasteiger partial charge is 0.388 e. The number of halogens is 3. The Morgan fingerprint density at radius 1 is 1.21 bits per heavy atom.